The van der Waals surface area contributed by atoms with Gasteiger partial charge in [-0.15, -0.1) is 0 Å². The number of hydrogen-bond acceptors (Lipinski definition) is 2. The average Bonchev–Trinajstić information content (AvgIpc) is 2.23. The Balaban J connectivity index is 2.89. The summed E-state index contributed by atoms with van der Waals surface area (Å²) in [5, 5.41) is 3.27. The van der Waals surface area contributed by atoms with Crippen molar-refractivity contribution < 1.29 is 4.79 Å². The van der Waals surface area contributed by atoms with Gasteiger partial charge in [0.15, 0.2) is 0 Å². The SMILES string of the molecule is CCC(C)(N)C(=O)Nc1cc(C)ccc1Cl. The Bertz CT molecular complexity index is 402. The Hall–Kier alpha value is -1.06. The van der Waals surface area contributed by atoms with Gasteiger partial charge in [0, 0.05) is 0 Å². The van der Waals surface area contributed by atoms with E-state index < -0.39 is 5.54 Å². The molecule has 1 amide bonds. The summed E-state index contributed by atoms with van der Waals surface area (Å²) in [5.41, 5.74) is 6.62. The van der Waals surface area contributed by atoms with E-state index in [-0.39, 0.29) is 5.91 Å². The van der Waals surface area contributed by atoms with Gasteiger partial charge in [-0.3, -0.25) is 4.79 Å². The zero-order valence-electron chi connectivity index (χ0n) is 9.80. The van der Waals surface area contributed by atoms with E-state index in [1.54, 1.807) is 13.0 Å². The maximum Gasteiger partial charge on any atom is 0.244 e. The van der Waals surface area contributed by atoms with Crippen molar-refractivity contribution in [1.82, 2.24) is 0 Å². The zero-order chi connectivity index (χ0) is 12.3. The van der Waals surface area contributed by atoms with Crippen LogP contribution < -0.4 is 11.1 Å². The van der Waals surface area contributed by atoms with Gasteiger partial charge in [0.2, 0.25) is 5.91 Å². The van der Waals surface area contributed by atoms with Crippen molar-refractivity contribution in [3.63, 3.8) is 0 Å². The molecule has 0 bridgehead atoms. The molecule has 1 aromatic carbocycles. The van der Waals surface area contributed by atoms with Crippen molar-refractivity contribution in [1.29, 1.82) is 0 Å². The van der Waals surface area contributed by atoms with Gasteiger partial charge in [-0.05, 0) is 38.0 Å². The molecule has 0 spiro atoms. The van der Waals surface area contributed by atoms with Crippen molar-refractivity contribution in [2.75, 3.05) is 5.32 Å². The second-order valence-electron chi connectivity index (χ2n) is 4.21. The molecule has 3 N–H and O–H groups in total. The molecule has 1 rings (SSSR count). The van der Waals surface area contributed by atoms with Crippen LogP contribution >= 0.6 is 11.6 Å². The predicted molar refractivity (Wildman–Crippen MR) is 67.7 cm³/mol. The number of carbonyl (C=O) groups excluding carboxylic acids is 1. The van der Waals surface area contributed by atoms with Crippen LogP contribution in [-0.4, -0.2) is 11.4 Å². The third kappa shape index (κ3) is 2.97. The third-order valence-corrected chi connectivity index (χ3v) is 2.95. The molecule has 1 atom stereocenters. The fraction of sp³-hybridized carbons (Fsp3) is 0.417. The molecular weight excluding hydrogens is 224 g/mol. The minimum Gasteiger partial charge on any atom is -0.323 e. The van der Waals surface area contributed by atoms with E-state index in [1.807, 2.05) is 26.0 Å². The molecule has 0 aliphatic carbocycles. The number of carbonyl (C=O) groups is 1. The van der Waals surface area contributed by atoms with Crippen LogP contribution in [0.3, 0.4) is 0 Å². The van der Waals surface area contributed by atoms with Gasteiger partial charge in [0.1, 0.15) is 0 Å². The Labute approximate surface area is 101 Å². The highest BCUT2D eigenvalue weighted by atomic mass is 35.5. The van der Waals surface area contributed by atoms with Crippen LogP contribution in [0.15, 0.2) is 18.2 Å². The minimum absolute atomic E-state index is 0.220. The van der Waals surface area contributed by atoms with Crippen molar-refractivity contribution in [3.8, 4) is 0 Å². The van der Waals surface area contributed by atoms with Crippen LogP contribution in [-0.2, 0) is 4.79 Å². The number of rotatable bonds is 3. The van der Waals surface area contributed by atoms with Crippen molar-refractivity contribution >= 4 is 23.2 Å². The highest BCUT2D eigenvalue weighted by Gasteiger charge is 2.26. The van der Waals surface area contributed by atoms with Crippen molar-refractivity contribution in [3.05, 3.63) is 28.8 Å². The first kappa shape index (κ1) is 13.0. The van der Waals surface area contributed by atoms with E-state index in [1.165, 1.54) is 0 Å². The Morgan fingerprint density at radius 2 is 2.19 bits per heavy atom. The highest BCUT2D eigenvalue weighted by molar-refractivity contribution is 6.33. The fourth-order valence-electron chi connectivity index (χ4n) is 1.16. The Kier molecular flexibility index (Phi) is 3.94. The summed E-state index contributed by atoms with van der Waals surface area (Å²) in [6, 6.07) is 5.47. The average molecular weight is 241 g/mol. The van der Waals surface area contributed by atoms with Gasteiger partial charge in [0.25, 0.3) is 0 Å². The maximum atomic E-state index is 11.8. The van der Waals surface area contributed by atoms with Gasteiger partial charge in [0.05, 0.1) is 16.2 Å². The number of nitrogens with one attached hydrogen (secondary N) is 1. The Morgan fingerprint density at radius 1 is 1.56 bits per heavy atom. The number of benzene rings is 1. The molecule has 0 saturated carbocycles. The minimum atomic E-state index is -0.868. The summed E-state index contributed by atoms with van der Waals surface area (Å²) >= 11 is 5.98. The van der Waals surface area contributed by atoms with Gasteiger partial charge in [-0.2, -0.15) is 0 Å². The molecule has 3 nitrogen and oxygen atoms in total. The lowest BCUT2D eigenvalue weighted by Crippen LogP contribution is -2.47. The molecule has 0 radical (unpaired) electrons. The summed E-state index contributed by atoms with van der Waals surface area (Å²) in [6.07, 6.45) is 0.572. The monoisotopic (exact) mass is 240 g/mol. The predicted octanol–water partition coefficient (Wildman–Crippen LogP) is 2.71. The van der Waals surface area contributed by atoms with Crippen molar-refractivity contribution in [2.45, 2.75) is 32.7 Å². The molecule has 0 aliphatic rings. The largest absolute Gasteiger partial charge is 0.323 e. The zero-order valence-corrected chi connectivity index (χ0v) is 10.6. The first-order chi connectivity index (χ1) is 7.36. The maximum absolute atomic E-state index is 11.8. The van der Waals surface area contributed by atoms with Crippen LogP contribution in [0, 0.1) is 6.92 Å². The molecule has 0 aliphatic heterocycles. The van der Waals surface area contributed by atoms with E-state index in [0.29, 0.717) is 17.1 Å². The fourth-order valence-corrected chi connectivity index (χ4v) is 1.33. The summed E-state index contributed by atoms with van der Waals surface area (Å²) in [5.74, 6) is -0.220. The second-order valence-corrected chi connectivity index (χ2v) is 4.62. The Morgan fingerprint density at radius 3 is 2.75 bits per heavy atom. The standard InChI is InChI=1S/C12H17ClN2O/c1-4-12(3,14)11(16)15-10-7-8(2)5-6-9(10)13/h5-7H,4,14H2,1-3H3,(H,15,16). The first-order valence-electron chi connectivity index (χ1n) is 5.23. The summed E-state index contributed by atoms with van der Waals surface area (Å²) in [7, 11) is 0. The van der Waals surface area contributed by atoms with Gasteiger partial charge >= 0.3 is 0 Å². The molecule has 16 heavy (non-hydrogen) atoms. The van der Waals surface area contributed by atoms with E-state index >= 15 is 0 Å². The van der Waals surface area contributed by atoms with Crippen LogP contribution in [0.5, 0.6) is 0 Å². The molecule has 1 aromatic rings. The van der Waals surface area contributed by atoms with Crippen molar-refractivity contribution in [2.24, 2.45) is 5.73 Å². The number of amides is 1. The van der Waals surface area contributed by atoms with Crippen LogP contribution in [0.25, 0.3) is 0 Å². The van der Waals surface area contributed by atoms with E-state index in [9.17, 15) is 4.79 Å². The lowest BCUT2D eigenvalue weighted by molar-refractivity contribution is -0.120. The van der Waals surface area contributed by atoms with Crippen LogP contribution in [0.2, 0.25) is 5.02 Å². The first-order valence-corrected chi connectivity index (χ1v) is 5.61. The number of nitrogens with two attached hydrogens (primary N) is 1. The summed E-state index contributed by atoms with van der Waals surface area (Å²) < 4.78 is 0. The molecule has 1 unspecified atom stereocenters. The number of halogens is 1. The molecular formula is C12H17ClN2O. The lowest BCUT2D eigenvalue weighted by atomic mass is 9.99. The number of aryl methyl sites for hydroxylation is 1. The summed E-state index contributed by atoms with van der Waals surface area (Å²) in [4.78, 5) is 11.8. The number of anilines is 1. The summed E-state index contributed by atoms with van der Waals surface area (Å²) in [6.45, 7) is 5.51. The lowest BCUT2D eigenvalue weighted by Gasteiger charge is -2.22. The third-order valence-electron chi connectivity index (χ3n) is 2.62. The molecule has 0 heterocycles. The van der Waals surface area contributed by atoms with E-state index in [4.69, 9.17) is 17.3 Å². The molecule has 4 heteroatoms. The smallest absolute Gasteiger partial charge is 0.244 e. The van der Waals surface area contributed by atoms with Crippen LogP contribution in [0.1, 0.15) is 25.8 Å². The topological polar surface area (TPSA) is 55.1 Å². The number of hydrogen-bond donors (Lipinski definition) is 2. The van der Waals surface area contributed by atoms with E-state index in [2.05, 4.69) is 5.32 Å². The van der Waals surface area contributed by atoms with Gasteiger partial charge in [-0.1, -0.05) is 24.6 Å². The second kappa shape index (κ2) is 4.85. The molecule has 88 valence electrons. The van der Waals surface area contributed by atoms with Crippen LogP contribution in [0.4, 0.5) is 5.69 Å². The normalized spacial score (nSPS) is 14.3. The quantitative estimate of drug-likeness (QED) is 0.854. The molecule has 0 aromatic heterocycles. The van der Waals surface area contributed by atoms with E-state index in [0.717, 1.165) is 5.56 Å². The molecule has 0 saturated heterocycles. The highest BCUT2D eigenvalue weighted by Crippen LogP contribution is 2.23. The van der Waals surface area contributed by atoms with Gasteiger partial charge in [-0.25, -0.2) is 0 Å². The molecule has 0 fully saturated rings. The van der Waals surface area contributed by atoms with Gasteiger partial charge < -0.3 is 11.1 Å².